The van der Waals surface area contributed by atoms with Gasteiger partial charge in [-0.15, -0.1) is 0 Å². The van der Waals surface area contributed by atoms with E-state index >= 15 is 0 Å². The predicted molar refractivity (Wildman–Crippen MR) is 138 cm³/mol. The summed E-state index contributed by atoms with van der Waals surface area (Å²) in [7, 11) is 0. The van der Waals surface area contributed by atoms with Crippen molar-refractivity contribution in [2.45, 2.75) is 126 Å². The van der Waals surface area contributed by atoms with Crippen LogP contribution < -0.4 is 0 Å². The second-order valence-electron chi connectivity index (χ2n) is 13.6. The molecule has 4 aliphatic rings. The van der Waals surface area contributed by atoms with Gasteiger partial charge in [-0.1, -0.05) is 11.6 Å². The van der Waals surface area contributed by atoms with Gasteiger partial charge in [0.15, 0.2) is 5.82 Å². The van der Waals surface area contributed by atoms with Crippen molar-refractivity contribution in [1.82, 2.24) is 19.9 Å². The van der Waals surface area contributed by atoms with E-state index in [0.29, 0.717) is 12.8 Å². The van der Waals surface area contributed by atoms with Crippen LogP contribution in [-0.4, -0.2) is 86.5 Å². The fraction of sp³-hybridized carbons (Fsp3) is 0.857. The highest BCUT2D eigenvalue weighted by atomic mass is 19.4. The number of nitrogens with zero attached hydrogens (tertiary/aromatic N) is 4. The molecule has 2 aliphatic heterocycles. The monoisotopic (exact) mass is 606 g/mol. The maximum atomic E-state index is 14.6. The number of halogens is 5. The Labute approximate surface area is 241 Å². The van der Waals surface area contributed by atoms with Crippen LogP contribution >= 0.6 is 0 Å². The molecule has 2 atom stereocenters. The SMILES string of the molecule is CC(C)(C)OC(=O)N1CC2(CCC2)[C@H](O)C[C@H]1C(=O)N1CCC(c2nc(C3CCC(F)(F)CC3)no2)(C(F)(F)F)CC1. The Balaban J connectivity index is 1.32. The topological polar surface area (TPSA) is 109 Å². The molecule has 1 spiro atoms. The van der Waals surface area contributed by atoms with Crippen LogP contribution in [0, 0.1) is 5.41 Å². The minimum absolute atomic E-state index is 0.00301. The minimum atomic E-state index is -4.77. The zero-order valence-electron chi connectivity index (χ0n) is 24.2. The largest absolute Gasteiger partial charge is 0.444 e. The van der Waals surface area contributed by atoms with E-state index < -0.39 is 77.3 Å². The molecule has 2 amide bonds. The third-order valence-corrected chi connectivity index (χ3v) is 9.68. The molecular formula is C28H39F5N4O5. The summed E-state index contributed by atoms with van der Waals surface area (Å²) in [5.74, 6) is -4.48. The molecule has 0 aromatic carbocycles. The zero-order chi connectivity index (χ0) is 30.7. The number of aromatic nitrogens is 2. The summed E-state index contributed by atoms with van der Waals surface area (Å²) >= 11 is 0. The molecule has 236 valence electrons. The van der Waals surface area contributed by atoms with E-state index in [1.807, 2.05) is 0 Å². The van der Waals surface area contributed by atoms with Gasteiger partial charge in [-0.05, 0) is 59.3 Å². The lowest BCUT2D eigenvalue weighted by atomic mass is 9.61. The third-order valence-electron chi connectivity index (χ3n) is 9.68. The number of ether oxygens (including phenoxy) is 1. The molecule has 3 heterocycles. The number of alkyl halides is 5. The summed E-state index contributed by atoms with van der Waals surface area (Å²) in [5.41, 5.74) is -3.84. The molecule has 0 bridgehead atoms. The third kappa shape index (κ3) is 5.71. The first-order valence-corrected chi connectivity index (χ1v) is 14.7. The van der Waals surface area contributed by atoms with Crippen molar-refractivity contribution in [3.8, 4) is 0 Å². The van der Waals surface area contributed by atoms with Crippen LogP contribution in [0.25, 0.3) is 0 Å². The average Bonchev–Trinajstić information content (AvgIpc) is 3.36. The molecular weight excluding hydrogens is 567 g/mol. The van der Waals surface area contributed by atoms with E-state index in [9.17, 15) is 36.6 Å². The maximum Gasteiger partial charge on any atom is 0.410 e. The van der Waals surface area contributed by atoms with Gasteiger partial charge < -0.3 is 19.3 Å². The van der Waals surface area contributed by atoms with Gasteiger partial charge in [0.05, 0.1) is 6.10 Å². The molecule has 1 aromatic heterocycles. The lowest BCUT2D eigenvalue weighted by molar-refractivity contribution is -0.211. The first-order chi connectivity index (χ1) is 19.5. The zero-order valence-corrected chi connectivity index (χ0v) is 24.2. The van der Waals surface area contributed by atoms with Gasteiger partial charge in [-0.3, -0.25) is 9.69 Å². The summed E-state index contributed by atoms with van der Waals surface area (Å²) in [6.07, 6.45) is -5.76. The number of hydrogen-bond acceptors (Lipinski definition) is 7. The van der Waals surface area contributed by atoms with Crippen molar-refractivity contribution < 1.29 is 45.9 Å². The lowest BCUT2D eigenvalue weighted by Crippen LogP contribution is -2.65. The Morgan fingerprint density at radius 2 is 1.64 bits per heavy atom. The van der Waals surface area contributed by atoms with E-state index in [1.54, 1.807) is 20.8 Å². The molecule has 2 saturated heterocycles. The number of rotatable bonds is 3. The quantitative estimate of drug-likeness (QED) is 0.464. The number of piperidine rings is 2. The fourth-order valence-electron chi connectivity index (χ4n) is 6.84. The summed E-state index contributed by atoms with van der Waals surface area (Å²) in [4.78, 5) is 33.6. The number of carbonyl (C=O) groups excluding carboxylic acids is 2. The molecule has 9 nitrogen and oxygen atoms in total. The molecule has 0 radical (unpaired) electrons. The normalized spacial score (nSPS) is 27.9. The van der Waals surface area contributed by atoms with Crippen molar-refractivity contribution in [3.05, 3.63) is 11.7 Å². The number of likely N-dealkylation sites (tertiary alicyclic amines) is 2. The molecule has 42 heavy (non-hydrogen) atoms. The molecule has 5 rings (SSSR count). The number of aliphatic hydroxyl groups excluding tert-OH is 1. The van der Waals surface area contributed by atoms with Crippen LogP contribution in [0.15, 0.2) is 4.52 Å². The smallest absolute Gasteiger partial charge is 0.410 e. The predicted octanol–water partition coefficient (Wildman–Crippen LogP) is 5.33. The Morgan fingerprint density at radius 1 is 1.02 bits per heavy atom. The van der Waals surface area contributed by atoms with Crippen molar-refractivity contribution in [2.75, 3.05) is 19.6 Å². The molecule has 1 aromatic rings. The number of hydrogen-bond donors (Lipinski definition) is 1. The molecule has 1 N–H and O–H groups in total. The highest BCUT2D eigenvalue weighted by molar-refractivity contribution is 5.86. The lowest BCUT2D eigenvalue weighted by Gasteiger charge is -2.54. The Hall–Kier alpha value is -2.51. The second-order valence-corrected chi connectivity index (χ2v) is 13.6. The van der Waals surface area contributed by atoms with E-state index in [0.717, 1.165) is 6.42 Å². The van der Waals surface area contributed by atoms with E-state index in [4.69, 9.17) is 9.26 Å². The van der Waals surface area contributed by atoms with Crippen LogP contribution in [0.4, 0.5) is 26.7 Å². The first-order valence-electron chi connectivity index (χ1n) is 14.7. The van der Waals surface area contributed by atoms with Crippen molar-refractivity contribution in [1.29, 1.82) is 0 Å². The van der Waals surface area contributed by atoms with Crippen molar-refractivity contribution >= 4 is 12.0 Å². The van der Waals surface area contributed by atoms with Gasteiger partial charge in [0.1, 0.15) is 17.1 Å². The first kappa shape index (κ1) is 30.9. The average molecular weight is 607 g/mol. The van der Waals surface area contributed by atoms with Crippen LogP contribution in [0.1, 0.15) is 103 Å². The van der Waals surface area contributed by atoms with Gasteiger partial charge in [0.2, 0.25) is 17.7 Å². The van der Waals surface area contributed by atoms with Crippen molar-refractivity contribution in [2.24, 2.45) is 5.41 Å². The van der Waals surface area contributed by atoms with E-state index in [-0.39, 0.29) is 57.6 Å². The number of aliphatic hydroxyl groups is 1. The minimum Gasteiger partial charge on any atom is -0.444 e. The van der Waals surface area contributed by atoms with Crippen LogP contribution in [0.5, 0.6) is 0 Å². The highest BCUT2D eigenvalue weighted by Gasteiger charge is 2.62. The molecule has 4 fully saturated rings. The Kier molecular flexibility index (Phi) is 7.80. The standard InChI is InChI=1S/C28H39F5N4O5/c1-24(2,3)41-23(40)37-16-25(7-4-8-25)19(38)15-18(37)21(39)36-13-11-26(12-14-36,28(31,32)33)22-34-20(35-42-22)17-5-9-27(29,30)10-6-17/h17-19,38H,4-16H2,1-3H3/t18-,19+/m0/s1. The van der Waals surface area contributed by atoms with Gasteiger partial charge in [-0.25, -0.2) is 13.6 Å². The van der Waals surface area contributed by atoms with E-state index in [1.165, 1.54) is 9.80 Å². The molecule has 0 unspecified atom stereocenters. The van der Waals surface area contributed by atoms with Crippen LogP contribution in [-0.2, 0) is 14.9 Å². The summed E-state index contributed by atoms with van der Waals surface area (Å²) in [6.45, 7) is 4.67. The summed E-state index contributed by atoms with van der Waals surface area (Å²) in [5, 5.41) is 14.7. The number of carbonyl (C=O) groups is 2. The Morgan fingerprint density at radius 3 is 2.17 bits per heavy atom. The van der Waals surface area contributed by atoms with Gasteiger partial charge in [0.25, 0.3) is 0 Å². The van der Waals surface area contributed by atoms with E-state index in [2.05, 4.69) is 10.1 Å². The number of amides is 2. The van der Waals surface area contributed by atoms with Gasteiger partial charge in [-0.2, -0.15) is 18.2 Å². The maximum absolute atomic E-state index is 14.6. The molecule has 2 aliphatic carbocycles. The van der Waals surface area contributed by atoms with Crippen LogP contribution in [0.3, 0.4) is 0 Å². The van der Waals surface area contributed by atoms with Crippen molar-refractivity contribution in [3.63, 3.8) is 0 Å². The second kappa shape index (κ2) is 10.6. The Bertz CT molecular complexity index is 1160. The molecule has 2 saturated carbocycles. The van der Waals surface area contributed by atoms with Gasteiger partial charge in [0, 0.05) is 50.2 Å². The summed E-state index contributed by atoms with van der Waals surface area (Å²) in [6, 6.07) is -1.07. The van der Waals surface area contributed by atoms with Gasteiger partial charge >= 0.3 is 12.3 Å². The summed E-state index contributed by atoms with van der Waals surface area (Å²) < 4.78 is 81.6. The van der Waals surface area contributed by atoms with Crippen LogP contribution in [0.2, 0.25) is 0 Å². The molecule has 14 heteroatoms. The fourth-order valence-corrected chi connectivity index (χ4v) is 6.84. The highest BCUT2D eigenvalue weighted by Crippen LogP contribution is 2.51.